The third-order valence-corrected chi connectivity index (χ3v) is 1.10. The average Bonchev–Trinajstić information content (AvgIpc) is 1.88. The van der Waals surface area contributed by atoms with E-state index in [9.17, 15) is 4.79 Å². The molecule has 0 aromatic heterocycles. The normalized spacial score (nSPS) is 10.8. The molecular formula is C8H15NO. The number of carbonyl (C=O) groups is 1. The molecule has 0 radical (unpaired) electrons. The van der Waals surface area contributed by atoms with E-state index < -0.39 is 0 Å². The van der Waals surface area contributed by atoms with E-state index in [4.69, 9.17) is 0 Å². The van der Waals surface area contributed by atoms with Gasteiger partial charge in [-0.2, -0.15) is 0 Å². The molecule has 0 aromatic rings. The van der Waals surface area contributed by atoms with Crippen LogP contribution >= 0.6 is 0 Å². The number of carbonyl (C=O) groups excluding carboxylic acids is 1. The molecular weight excluding hydrogens is 126 g/mol. The molecule has 2 nitrogen and oxygen atoms in total. The molecule has 0 aliphatic heterocycles. The van der Waals surface area contributed by atoms with Crippen LogP contribution in [0.25, 0.3) is 0 Å². The fourth-order valence-corrected chi connectivity index (χ4v) is 0.426. The van der Waals surface area contributed by atoms with Gasteiger partial charge in [-0.1, -0.05) is 26.8 Å². The molecule has 1 N–H and O–H groups in total. The van der Waals surface area contributed by atoms with Crippen molar-refractivity contribution >= 4 is 5.91 Å². The van der Waals surface area contributed by atoms with E-state index in [1.807, 2.05) is 26.8 Å². The van der Waals surface area contributed by atoms with Gasteiger partial charge >= 0.3 is 0 Å². The zero-order valence-electron chi connectivity index (χ0n) is 6.85. The van der Waals surface area contributed by atoms with Crippen molar-refractivity contribution in [3.63, 3.8) is 0 Å². The summed E-state index contributed by atoms with van der Waals surface area (Å²) >= 11 is 0. The molecule has 0 fully saturated rings. The van der Waals surface area contributed by atoms with E-state index in [-0.39, 0.29) is 11.8 Å². The second-order valence-corrected chi connectivity index (χ2v) is 2.47. The van der Waals surface area contributed by atoms with Gasteiger partial charge in [0.1, 0.15) is 0 Å². The zero-order chi connectivity index (χ0) is 7.98. The SMILES string of the molecule is CC/C=C/NC(=O)C(C)C. The topological polar surface area (TPSA) is 29.1 Å². The van der Waals surface area contributed by atoms with Crippen molar-refractivity contribution in [2.24, 2.45) is 5.92 Å². The quantitative estimate of drug-likeness (QED) is 0.636. The number of hydrogen-bond acceptors (Lipinski definition) is 1. The van der Waals surface area contributed by atoms with E-state index in [1.165, 1.54) is 0 Å². The van der Waals surface area contributed by atoms with Gasteiger partial charge in [0.25, 0.3) is 0 Å². The highest BCUT2D eigenvalue weighted by Crippen LogP contribution is 1.89. The van der Waals surface area contributed by atoms with E-state index in [0.717, 1.165) is 6.42 Å². The molecule has 0 saturated heterocycles. The van der Waals surface area contributed by atoms with Crippen LogP contribution in [0.3, 0.4) is 0 Å². The van der Waals surface area contributed by atoms with Gasteiger partial charge in [-0.3, -0.25) is 4.79 Å². The number of allylic oxidation sites excluding steroid dienone is 1. The summed E-state index contributed by atoms with van der Waals surface area (Å²) in [7, 11) is 0. The molecule has 0 aliphatic carbocycles. The monoisotopic (exact) mass is 141 g/mol. The molecule has 0 atom stereocenters. The Labute approximate surface area is 62.3 Å². The predicted octanol–water partition coefficient (Wildman–Crippen LogP) is 1.68. The van der Waals surface area contributed by atoms with Gasteiger partial charge in [0.2, 0.25) is 5.91 Å². The highest BCUT2D eigenvalue weighted by Gasteiger charge is 2.01. The van der Waals surface area contributed by atoms with Crippen LogP contribution in [-0.4, -0.2) is 5.91 Å². The molecule has 0 heterocycles. The third-order valence-electron chi connectivity index (χ3n) is 1.10. The Kier molecular flexibility index (Phi) is 4.63. The minimum Gasteiger partial charge on any atom is -0.333 e. The van der Waals surface area contributed by atoms with Crippen LogP contribution < -0.4 is 5.32 Å². The standard InChI is InChI=1S/C8H15NO/c1-4-5-6-9-8(10)7(2)3/h5-7H,4H2,1-3H3,(H,9,10)/b6-5+. The highest BCUT2D eigenvalue weighted by atomic mass is 16.1. The first-order valence-electron chi connectivity index (χ1n) is 3.63. The fraction of sp³-hybridized carbons (Fsp3) is 0.625. The lowest BCUT2D eigenvalue weighted by molar-refractivity contribution is -0.123. The Hall–Kier alpha value is -0.790. The maximum absolute atomic E-state index is 10.9. The van der Waals surface area contributed by atoms with E-state index in [0.29, 0.717) is 0 Å². The van der Waals surface area contributed by atoms with Crippen LogP contribution in [0, 0.1) is 5.92 Å². The van der Waals surface area contributed by atoms with Crippen molar-refractivity contribution in [1.29, 1.82) is 0 Å². The van der Waals surface area contributed by atoms with Crippen LogP contribution in [0.15, 0.2) is 12.3 Å². The summed E-state index contributed by atoms with van der Waals surface area (Å²) < 4.78 is 0. The van der Waals surface area contributed by atoms with Crippen molar-refractivity contribution in [3.05, 3.63) is 12.3 Å². The summed E-state index contributed by atoms with van der Waals surface area (Å²) in [4.78, 5) is 10.9. The predicted molar refractivity (Wildman–Crippen MR) is 42.4 cm³/mol. The molecule has 2 heteroatoms. The van der Waals surface area contributed by atoms with Gasteiger partial charge < -0.3 is 5.32 Å². The maximum atomic E-state index is 10.9. The molecule has 0 rings (SSSR count). The van der Waals surface area contributed by atoms with Gasteiger partial charge in [0.05, 0.1) is 0 Å². The Morgan fingerprint density at radius 1 is 1.60 bits per heavy atom. The van der Waals surface area contributed by atoms with Crippen LogP contribution in [-0.2, 0) is 4.79 Å². The number of amides is 1. The van der Waals surface area contributed by atoms with E-state index in [2.05, 4.69) is 5.32 Å². The van der Waals surface area contributed by atoms with Gasteiger partial charge in [-0.15, -0.1) is 0 Å². The lowest BCUT2D eigenvalue weighted by Crippen LogP contribution is -2.22. The Morgan fingerprint density at radius 3 is 2.60 bits per heavy atom. The van der Waals surface area contributed by atoms with Gasteiger partial charge in [0, 0.05) is 5.92 Å². The van der Waals surface area contributed by atoms with Crippen LogP contribution in [0.4, 0.5) is 0 Å². The summed E-state index contributed by atoms with van der Waals surface area (Å²) in [5.74, 6) is 0.145. The van der Waals surface area contributed by atoms with Crippen LogP contribution in [0.1, 0.15) is 27.2 Å². The van der Waals surface area contributed by atoms with Crippen molar-refractivity contribution in [2.45, 2.75) is 27.2 Å². The molecule has 0 aliphatic rings. The number of nitrogens with one attached hydrogen (secondary N) is 1. The molecule has 1 amide bonds. The number of hydrogen-bond donors (Lipinski definition) is 1. The van der Waals surface area contributed by atoms with Crippen molar-refractivity contribution in [3.8, 4) is 0 Å². The lowest BCUT2D eigenvalue weighted by Gasteiger charge is -2.00. The fourth-order valence-electron chi connectivity index (χ4n) is 0.426. The van der Waals surface area contributed by atoms with Crippen molar-refractivity contribution in [2.75, 3.05) is 0 Å². The second kappa shape index (κ2) is 5.03. The molecule has 0 unspecified atom stereocenters. The summed E-state index contributed by atoms with van der Waals surface area (Å²) in [6, 6.07) is 0. The molecule has 0 spiro atoms. The second-order valence-electron chi connectivity index (χ2n) is 2.47. The highest BCUT2D eigenvalue weighted by molar-refractivity contribution is 5.78. The Balaban J connectivity index is 3.49. The van der Waals surface area contributed by atoms with Crippen LogP contribution in [0.2, 0.25) is 0 Å². The first-order valence-corrected chi connectivity index (χ1v) is 3.63. The summed E-state index contributed by atoms with van der Waals surface area (Å²) in [5, 5.41) is 2.66. The van der Waals surface area contributed by atoms with E-state index in [1.54, 1.807) is 6.20 Å². The molecule has 10 heavy (non-hydrogen) atoms. The van der Waals surface area contributed by atoms with Gasteiger partial charge in [-0.25, -0.2) is 0 Å². The smallest absolute Gasteiger partial charge is 0.226 e. The summed E-state index contributed by atoms with van der Waals surface area (Å²) in [6.45, 7) is 5.77. The van der Waals surface area contributed by atoms with E-state index >= 15 is 0 Å². The minimum atomic E-state index is 0.0708. The Morgan fingerprint density at radius 2 is 2.20 bits per heavy atom. The zero-order valence-corrected chi connectivity index (χ0v) is 6.85. The van der Waals surface area contributed by atoms with Crippen LogP contribution in [0.5, 0.6) is 0 Å². The van der Waals surface area contributed by atoms with Crippen molar-refractivity contribution < 1.29 is 4.79 Å². The minimum absolute atomic E-state index is 0.0708. The largest absolute Gasteiger partial charge is 0.333 e. The number of rotatable bonds is 3. The third kappa shape index (κ3) is 4.13. The maximum Gasteiger partial charge on any atom is 0.226 e. The molecule has 0 bridgehead atoms. The first kappa shape index (κ1) is 9.21. The Bertz CT molecular complexity index is 127. The van der Waals surface area contributed by atoms with Gasteiger partial charge in [0.15, 0.2) is 0 Å². The lowest BCUT2D eigenvalue weighted by atomic mass is 10.2. The molecule has 0 saturated carbocycles. The van der Waals surface area contributed by atoms with Gasteiger partial charge in [-0.05, 0) is 12.6 Å². The summed E-state index contributed by atoms with van der Waals surface area (Å²) in [6.07, 6.45) is 4.57. The average molecular weight is 141 g/mol. The first-order chi connectivity index (χ1) is 4.68. The van der Waals surface area contributed by atoms with Crippen molar-refractivity contribution in [1.82, 2.24) is 5.32 Å². The molecule has 58 valence electrons. The summed E-state index contributed by atoms with van der Waals surface area (Å²) in [5.41, 5.74) is 0. The molecule has 0 aromatic carbocycles.